The van der Waals surface area contributed by atoms with Crippen molar-refractivity contribution in [2.45, 2.75) is 26.2 Å². The molecule has 2 nitrogen and oxygen atoms in total. The first-order valence-electron chi connectivity index (χ1n) is 7.36. The lowest BCUT2D eigenvalue weighted by Crippen LogP contribution is -1.99. The Kier molecular flexibility index (Phi) is 4.79. The van der Waals surface area contributed by atoms with Gasteiger partial charge in [0.05, 0.1) is 21.1 Å². The number of benzene rings is 1. The highest BCUT2D eigenvalue weighted by Crippen LogP contribution is 2.38. The highest BCUT2D eigenvalue weighted by molar-refractivity contribution is 7.15. The predicted octanol–water partition coefficient (Wildman–Crippen LogP) is 5.79. The minimum absolute atomic E-state index is 0.669. The van der Waals surface area contributed by atoms with Crippen LogP contribution >= 0.6 is 34.5 Å². The number of aryl methyl sites for hydroxylation is 2. The molecule has 2 aromatic heterocycles. The van der Waals surface area contributed by atoms with E-state index in [0.29, 0.717) is 10.0 Å². The topological polar surface area (TPSA) is 41.8 Å². The van der Waals surface area contributed by atoms with Gasteiger partial charge in [-0.15, -0.1) is 11.3 Å². The third-order valence-corrected chi connectivity index (χ3v) is 5.33. The van der Waals surface area contributed by atoms with Crippen LogP contribution in [0, 0.1) is 6.92 Å². The quantitative estimate of drug-likeness (QED) is 0.560. The minimum Gasteiger partial charge on any atom is -0.352 e. The smallest absolute Gasteiger partial charge is 0.0662 e. The highest BCUT2D eigenvalue weighted by atomic mass is 35.5. The van der Waals surface area contributed by atoms with E-state index in [2.05, 4.69) is 24.0 Å². The maximum atomic E-state index is 6.37. The van der Waals surface area contributed by atoms with Crippen LogP contribution in [-0.2, 0) is 6.42 Å². The molecular weight excluding hydrogens is 335 g/mol. The Morgan fingerprint density at radius 2 is 2.00 bits per heavy atom. The molecule has 0 bridgehead atoms. The standard InChI is InChI=1S/C17H18Cl2N2S/c1-10-5-6-15(22-10)17-12(4-2-3-7-20)13-8-11(18)9-14(19)16(13)21-17/h5-6,8-9,21H,2-4,7,20H2,1H3. The molecule has 2 heterocycles. The summed E-state index contributed by atoms with van der Waals surface area (Å²) in [4.78, 5) is 6.04. The van der Waals surface area contributed by atoms with Gasteiger partial charge in [-0.25, -0.2) is 0 Å². The number of rotatable bonds is 5. The number of halogens is 2. The van der Waals surface area contributed by atoms with Crippen molar-refractivity contribution in [3.05, 3.63) is 44.8 Å². The van der Waals surface area contributed by atoms with E-state index >= 15 is 0 Å². The van der Waals surface area contributed by atoms with E-state index in [1.165, 1.54) is 15.3 Å². The van der Waals surface area contributed by atoms with Crippen molar-refractivity contribution in [2.24, 2.45) is 5.73 Å². The largest absolute Gasteiger partial charge is 0.352 e. The van der Waals surface area contributed by atoms with E-state index in [4.69, 9.17) is 28.9 Å². The van der Waals surface area contributed by atoms with E-state index in [9.17, 15) is 0 Å². The summed E-state index contributed by atoms with van der Waals surface area (Å²) in [5, 5.41) is 2.46. The van der Waals surface area contributed by atoms with Crippen molar-refractivity contribution >= 4 is 45.4 Å². The fourth-order valence-electron chi connectivity index (χ4n) is 2.76. The first-order chi connectivity index (χ1) is 10.6. The van der Waals surface area contributed by atoms with Gasteiger partial charge in [-0.2, -0.15) is 0 Å². The number of thiophene rings is 1. The molecule has 0 spiro atoms. The molecule has 1 aromatic carbocycles. The van der Waals surface area contributed by atoms with Crippen molar-refractivity contribution in [3.63, 3.8) is 0 Å². The monoisotopic (exact) mass is 352 g/mol. The fourth-order valence-corrected chi connectivity index (χ4v) is 4.19. The lowest BCUT2D eigenvalue weighted by atomic mass is 10.0. The molecule has 3 N–H and O–H groups in total. The molecule has 0 fully saturated rings. The van der Waals surface area contributed by atoms with E-state index < -0.39 is 0 Å². The lowest BCUT2D eigenvalue weighted by Gasteiger charge is -2.03. The van der Waals surface area contributed by atoms with Crippen LogP contribution in [0.5, 0.6) is 0 Å². The van der Waals surface area contributed by atoms with Gasteiger partial charge in [0.1, 0.15) is 0 Å². The highest BCUT2D eigenvalue weighted by Gasteiger charge is 2.16. The van der Waals surface area contributed by atoms with Crippen LogP contribution < -0.4 is 5.73 Å². The van der Waals surface area contributed by atoms with E-state index in [1.54, 1.807) is 17.4 Å². The van der Waals surface area contributed by atoms with Gasteiger partial charge in [0.2, 0.25) is 0 Å². The summed E-state index contributed by atoms with van der Waals surface area (Å²) in [5.41, 5.74) is 9.05. The molecule has 5 heteroatoms. The molecule has 0 saturated heterocycles. The van der Waals surface area contributed by atoms with Gasteiger partial charge in [0.15, 0.2) is 0 Å². The van der Waals surface area contributed by atoms with Crippen LogP contribution in [-0.4, -0.2) is 11.5 Å². The van der Waals surface area contributed by atoms with Gasteiger partial charge in [0.25, 0.3) is 0 Å². The van der Waals surface area contributed by atoms with Crippen LogP contribution in [0.2, 0.25) is 10.0 Å². The Morgan fingerprint density at radius 3 is 2.68 bits per heavy atom. The summed E-state index contributed by atoms with van der Waals surface area (Å²) in [6.07, 6.45) is 3.05. The zero-order valence-corrected chi connectivity index (χ0v) is 14.7. The summed E-state index contributed by atoms with van der Waals surface area (Å²) in [6, 6.07) is 8.09. The van der Waals surface area contributed by atoms with Gasteiger partial charge in [0, 0.05) is 15.3 Å². The van der Waals surface area contributed by atoms with Crippen LogP contribution in [0.4, 0.5) is 0 Å². The summed E-state index contributed by atoms with van der Waals surface area (Å²) in [6.45, 7) is 2.84. The second-order valence-electron chi connectivity index (χ2n) is 5.44. The average molecular weight is 353 g/mol. The van der Waals surface area contributed by atoms with Gasteiger partial charge < -0.3 is 10.7 Å². The molecule has 3 rings (SSSR count). The number of aromatic nitrogens is 1. The summed E-state index contributed by atoms with van der Waals surface area (Å²) < 4.78 is 0. The number of unbranched alkanes of at least 4 members (excludes halogenated alkanes) is 1. The maximum absolute atomic E-state index is 6.37. The summed E-state index contributed by atoms with van der Waals surface area (Å²) in [7, 11) is 0. The van der Waals surface area contributed by atoms with Crippen molar-refractivity contribution in [1.82, 2.24) is 4.98 Å². The number of nitrogens with one attached hydrogen (secondary N) is 1. The van der Waals surface area contributed by atoms with E-state index in [-0.39, 0.29) is 0 Å². The Morgan fingerprint density at radius 1 is 1.18 bits per heavy atom. The van der Waals surface area contributed by atoms with Crippen molar-refractivity contribution in [2.75, 3.05) is 6.54 Å². The van der Waals surface area contributed by atoms with Crippen LogP contribution in [0.3, 0.4) is 0 Å². The Balaban J connectivity index is 2.16. The molecule has 0 aliphatic heterocycles. The molecule has 0 aliphatic carbocycles. The van der Waals surface area contributed by atoms with Gasteiger partial charge in [-0.3, -0.25) is 0 Å². The number of fused-ring (bicyclic) bond motifs is 1. The zero-order chi connectivity index (χ0) is 15.7. The molecule has 0 saturated carbocycles. The number of hydrogen-bond acceptors (Lipinski definition) is 2. The second-order valence-corrected chi connectivity index (χ2v) is 7.58. The second kappa shape index (κ2) is 6.63. The normalized spacial score (nSPS) is 11.5. The summed E-state index contributed by atoms with van der Waals surface area (Å²) in [5.74, 6) is 0. The number of aromatic amines is 1. The Bertz CT molecular complexity index is 804. The number of H-pyrrole nitrogens is 1. The minimum atomic E-state index is 0.669. The van der Waals surface area contributed by atoms with Crippen LogP contribution in [0.15, 0.2) is 24.3 Å². The van der Waals surface area contributed by atoms with Gasteiger partial charge in [-0.05, 0) is 62.6 Å². The number of nitrogens with two attached hydrogens (primary N) is 1. The van der Waals surface area contributed by atoms with E-state index in [0.717, 1.165) is 42.4 Å². The molecule has 0 radical (unpaired) electrons. The van der Waals surface area contributed by atoms with Crippen molar-refractivity contribution in [3.8, 4) is 10.6 Å². The summed E-state index contributed by atoms with van der Waals surface area (Å²) >= 11 is 14.4. The van der Waals surface area contributed by atoms with E-state index in [1.807, 2.05) is 6.07 Å². The predicted molar refractivity (Wildman–Crippen MR) is 98.4 cm³/mol. The number of hydrogen-bond donors (Lipinski definition) is 2. The molecule has 0 unspecified atom stereocenters. The van der Waals surface area contributed by atoms with Crippen molar-refractivity contribution < 1.29 is 0 Å². The average Bonchev–Trinajstić information content (AvgIpc) is 3.04. The van der Waals surface area contributed by atoms with Crippen molar-refractivity contribution in [1.29, 1.82) is 0 Å². The Hall–Kier alpha value is -1.00. The zero-order valence-electron chi connectivity index (χ0n) is 12.4. The molecule has 22 heavy (non-hydrogen) atoms. The van der Waals surface area contributed by atoms with Gasteiger partial charge in [-0.1, -0.05) is 23.2 Å². The third-order valence-electron chi connectivity index (χ3n) is 3.80. The molecule has 0 atom stereocenters. The first kappa shape index (κ1) is 15.9. The molecule has 0 aliphatic rings. The van der Waals surface area contributed by atoms with Crippen LogP contribution in [0.25, 0.3) is 21.5 Å². The third kappa shape index (κ3) is 3.04. The van der Waals surface area contributed by atoms with Gasteiger partial charge >= 0.3 is 0 Å². The molecule has 116 valence electrons. The van der Waals surface area contributed by atoms with Crippen LogP contribution in [0.1, 0.15) is 23.3 Å². The fraction of sp³-hybridized carbons (Fsp3) is 0.294. The molecular formula is C17H18Cl2N2S. The SMILES string of the molecule is Cc1ccc(-c2[nH]c3c(Cl)cc(Cl)cc3c2CCCCN)s1. The molecule has 3 aromatic rings. The Labute approximate surface area is 144 Å². The molecule has 0 amide bonds. The first-order valence-corrected chi connectivity index (χ1v) is 8.94. The lowest BCUT2D eigenvalue weighted by molar-refractivity contribution is 0.748. The maximum Gasteiger partial charge on any atom is 0.0662 e.